The topological polar surface area (TPSA) is 104 Å². The number of carbonyl (C=O) groups is 1. The summed E-state index contributed by atoms with van der Waals surface area (Å²) in [6.07, 6.45) is 2.20. The van der Waals surface area contributed by atoms with E-state index in [9.17, 15) is 4.79 Å². The number of unbranched alkanes of at least 4 members (excludes halogenated alkanes) is 1. The standard InChI is InChI=1S/C20H27N5O3S/c1-5-7-10-29-20-23-19-22-12(3)16(18(21)26)17(25(19)24-20)13-8-9-14(27-4)15(11-13)28-6-2/h8-9,11,17H,5-7,10H2,1-4H3,(H2,21,26)(H,22,23,24). The summed E-state index contributed by atoms with van der Waals surface area (Å²) in [6, 6.07) is 5.08. The highest BCUT2D eigenvalue weighted by Gasteiger charge is 2.33. The van der Waals surface area contributed by atoms with Crippen molar-refractivity contribution < 1.29 is 14.3 Å². The van der Waals surface area contributed by atoms with Crippen molar-refractivity contribution in [3.8, 4) is 11.5 Å². The lowest BCUT2D eigenvalue weighted by Crippen LogP contribution is -2.31. The van der Waals surface area contributed by atoms with Crippen LogP contribution in [0.5, 0.6) is 11.5 Å². The van der Waals surface area contributed by atoms with Crippen molar-refractivity contribution in [1.82, 2.24) is 14.8 Å². The molecule has 0 bridgehead atoms. The minimum absolute atomic E-state index is 0.445. The number of amides is 1. The molecule has 29 heavy (non-hydrogen) atoms. The van der Waals surface area contributed by atoms with E-state index in [2.05, 4.69) is 22.3 Å². The molecule has 1 aliphatic heterocycles. The van der Waals surface area contributed by atoms with E-state index in [0.29, 0.717) is 40.5 Å². The van der Waals surface area contributed by atoms with E-state index >= 15 is 0 Å². The van der Waals surface area contributed by atoms with Gasteiger partial charge in [0, 0.05) is 11.4 Å². The van der Waals surface area contributed by atoms with Crippen molar-refractivity contribution in [3.05, 3.63) is 35.0 Å². The summed E-state index contributed by atoms with van der Waals surface area (Å²) < 4.78 is 12.8. The maximum absolute atomic E-state index is 12.3. The third-order valence-electron chi connectivity index (χ3n) is 4.63. The average molecular weight is 418 g/mol. The molecule has 0 aliphatic carbocycles. The summed E-state index contributed by atoms with van der Waals surface area (Å²) in [7, 11) is 1.59. The minimum atomic E-state index is -0.505. The number of anilines is 1. The quantitative estimate of drug-likeness (QED) is 0.476. The number of hydrogen-bond donors (Lipinski definition) is 2. The summed E-state index contributed by atoms with van der Waals surface area (Å²) in [5.41, 5.74) is 7.67. The number of nitrogens with one attached hydrogen (secondary N) is 1. The van der Waals surface area contributed by atoms with Gasteiger partial charge in [0.15, 0.2) is 11.5 Å². The van der Waals surface area contributed by atoms with Gasteiger partial charge >= 0.3 is 0 Å². The zero-order valence-electron chi connectivity index (χ0n) is 17.2. The van der Waals surface area contributed by atoms with Gasteiger partial charge in [-0.05, 0) is 38.0 Å². The summed E-state index contributed by atoms with van der Waals surface area (Å²) in [4.78, 5) is 16.9. The maximum atomic E-state index is 12.3. The number of thioether (sulfide) groups is 1. The van der Waals surface area contributed by atoms with Crippen LogP contribution in [0.3, 0.4) is 0 Å². The highest BCUT2D eigenvalue weighted by Crippen LogP contribution is 2.39. The highest BCUT2D eigenvalue weighted by atomic mass is 32.2. The summed E-state index contributed by atoms with van der Waals surface area (Å²) in [6.45, 7) is 6.37. The molecule has 0 fully saturated rings. The number of hydrogen-bond acceptors (Lipinski definition) is 7. The zero-order chi connectivity index (χ0) is 21.0. The van der Waals surface area contributed by atoms with Crippen molar-refractivity contribution in [1.29, 1.82) is 0 Å². The van der Waals surface area contributed by atoms with Gasteiger partial charge in [-0.3, -0.25) is 4.79 Å². The molecular formula is C20H27N5O3S. The Kier molecular flexibility index (Phi) is 6.68. The lowest BCUT2D eigenvalue weighted by molar-refractivity contribution is -0.115. The Bertz CT molecular complexity index is 925. The van der Waals surface area contributed by atoms with Crippen LogP contribution in [0.25, 0.3) is 0 Å². The Labute approximate surface area is 174 Å². The number of carbonyl (C=O) groups excluding carboxylic acids is 1. The zero-order valence-corrected chi connectivity index (χ0v) is 18.0. The van der Waals surface area contributed by atoms with Gasteiger partial charge < -0.3 is 20.5 Å². The van der Waals surface area contributed by atoms with Gasteiger partial charge in [-0.15, -0.1) is 5.10 Å². The van der Waals surface area contributed by atoms with Gasteiger partial charge in [0.25, 0.3) is 0 Å². The number of nitrogens with two attached hydrogens (primary N) is 1. The summed E-state index contributed by atoms with van der Waals surface area (Å²) >= 11 is 1.60. The van der Waals surface area contributed by atoms with Crippen LogP contribution in [-0.2, 0) is 4.79 Å². The molecule has 3 rings (SSSR count). The van der Waals surface area contributed by atoms with E-state index in [1.54, 1.807) is 23.6 Å². The number of methoxy groups -OCH3 is 1. The van der Waals surface area contributed by atoms with Crippen LogP contribution in [0.1, 0.15) is 45.2 Å². The van der Waals surface area contributed by atoms with E-state index in [1.807, 2.05) is 32.0 Å². The van der Waals surface area contributed by atoms with Crippen LogP contribution < -0.4 is 20.5 Å². The number of primary amides is 1. The maximum Gasteiger partial charge on any atom is 0.248 e. The molecule has 9 heteroatoms. The van der Waals surface area contributed by atoms with Gasteiger partial charge in [-0.2, -0.15) is 4.98 Å². The number of nitrogens with zero attached hydrogens (tertiary/aromatic N) is 3. The van der Waals surface area contributed by atoms with Crippen molar-refractivity contribution in [2.75, 3.05) is 24.8 Å². The molecule has 3 N–H and O–H groups in total. The van der Waals surface area contributed by atoms with E-state index in [1.165, 1.54) is 0 Å². The Hall–Kier alpha value is -2.68. The van der Waals surface area contributed by atoms with Gasteiger partial charge in [0.1, 0.15) is 6.04 Å². The summed E-state index contributed by atoms with van der Waals surface area (Å²) in [5.74, 6) is 2.25. The fourth-order valence-electron chi connectivity index (χ4n) is 3.26. The smallest absolute Gasteiger partial charge is 0.248 e. The van der Waals surface area contributed by atoms with Crippen LogP contribution in [0.15, 0.2) is 34.6 Å². The second kappa shape index (κ2) is 9.21. The monoisotopic (exact) mass is 417 g/mol. The normalized spacial score (nSPS) is 15.7. The van der Waals surface area contributed by atoms with Gasteiger partial charge in [-0.25, -0.2) is 4.68 Å². The van der Waals surface area contributed by atoms with Gasteiger partial charge in [0.05, 0.1) is 19.3 Å². The Balaban J connectivity index is 2.07. The van der Waals surface area contributed by atoms with Gasteiger partial charge in [-0.1, -0.05) is 31.2 Å². The van der Waals surface area contributed by atoms with Crippen molar-refractivity contribution >= 4 is 23.6 Å². The molecule has 1 aliphatic rings. The first-order valence-electron chi connectivity index (χ1n) is 9.67. The fraction of sp³-hybridized carbons (Fsp3) is 0.450. The predicted molar refractivity (Wildman–Crippen MR) is 113 cm³/mol. The largest absolute Gasteiger partial charge is 0.493 e. The van der Waals surface area contributed by atoms with Crippen LogP contribution in [0.4, 0.5) is 5.95 Å². The molecule has 0 radical (unpaired) electrons. The Morgan fingerprint density at radius 3 is 2.79 bits per heavy atom. The number of fused-ring (bicyclic) bond motifs is 1. The van der Waals surface area contributed by atoms with Crippen LogP contribution in [-0.4, -0.2) is 40.1 Å². The van der Waals surface area contributed by atoms with E-state index < -0.39 is 11.9 Å². The molecule has 2 aromatic rings. The first-order valence-corrected chi connectivity index (χ1v) is 10.7. The van der Waals surface area contributed by atoms with Crippen LogP contribution >= 0.6 is 11.8 Å². The Morgan fingerprint density at radius 2 is 2.14 bits per heavy atom. The van der Waals surface area contributed by atoms with Crippen molar-refractivity contribution in [2.45, 2.75) is 44.8 Å². The molecule has 0 saturated carbocycles. The molecule has 1 atom stereocenters. The SMILES string of the molecule is CCCCSc1nc2n(n1)C(c1ccc(OC)c(OCC)c1)C(C(N)=O)=C(C)N2. The molecule has 8 nitrogen and oxygen atoms in total. The minimum Gasteiger partial charge on any atom is -0.493 e. The lowest BCUT2D eigenvalue weighted by Gasteiger charge is -2.28. The number of aromatic nitrogens is 3. The first-order chi connectivity index (χ1) is 14.0. The third kappa shape index (κ3) is 4.34. The number of benzene rings is 1. The van der Waals surface area contributed by atoms with E-state index in [-0.39, 0.29) is 0 Å². The average Bonchev–Trinajstić information content (AvgIpc) is 3.09. The lowest BCUT2D eigenvalue weighted by atomic mass is 9.95. The van der Waals surface area contributed by atoms with Crippen molar-refractivity contribution in [2.24, 2.45) is 5.73 Å². The van der Waals surface area contributed by atoms with Crippen LogP contribution in [0, 0.1) is 0 Å². The second-order valence-electron chi connectivity index (χ2n) is 6.64. The van der Waals surface area contributed by atoms with Gasteiger partial charge in [0.2, 0.25) is 17.0 Å². The first kappa shape index (κ1) is 21.0. The van der Waals surface area contributed by atoms with Crippen molar-refractivity contribution in [3.63, 3.8) is 0 Å². The molecule has 2 heterocycles. The molecule has 156 valence electrons. The fourth-order valence-corrected chi connectivity index (χ4v) is 4.17. The Morgan fingerprint density at radius 1 is 1.34 bits per heavy atom. The third-order valence-corrected chi connectivity index (χ3v) is 5.55. The van der Waals surface area contributed by atoms with Crippen LogP contribution in [0.2, 0.25) is 0 Å². The molecule has 0 saturated heterocycles. The molecule has 1 unspecified atom stereocenters. The molecule has 1 amide bonds. The second-order valence-corrected chi connectivity index (χ2v) is 7.70. The number of rotatable bonds is 9. The van der Waals surface area contributed by atoms with E-state index in [0.717, 1.165) is 24.2 Å². The van der Waals surface area contributed by atoms with E-state index in [4.69, 9.17) is 15.2 Å². The molecule has 1 aromatic carbocycles. The molecule has 1 aromatic heterocycles. The number of ether oxygens (including phenoxy) is 2. The number of allylic oxidation sites excluding steroid dienone is 1. The predicted octanol–water partition coefficient (Wildman–Crippen LogP) is 3.35. The summed E-state index contributed by atoms with van der Waals surface area (Å²) in [5, 5.41) is 8.49. The molecule has 0 spiro atoms. The highest BCUT2D eigenvalue weighted by molar-refractivity contribution is 7.99. The molecular weight excluding hydrogens is 390 g/mol.